The summed E-state index contributed by atoms with van der Waals surface area (Å²) in [7, 11) is 0. The molecule has 4 nitrogen and oxygen atoms in total. The summed E-state index contributed by atoms with van der Waals surface area (Å²) in [5, 5.41) is 8.38. The van der Waals surface area contributed by atoms with Gasteiger partial charge in [-0.3, -0.25) is 0 Å². The number of rotatable bonds is 5. The maximum atomic E-state index is 6.18. The SMILES string of the molecule is Clc1cc(NC(Cc2ccccc2)c2ccccc2)n2nccc2n1. The molecule has 1 unspecified atom stereocenters. The first-order valence-corrected chi connectivity index (χ1v) is 8.53. The molecular weight excluding hydrogens is 332 g/mol. The Labute approximate surface area is 151 Å². The molecule has 0 radical (unpaired) electrons. The Kier molecular flexibility index (Phi) is 4.36. The van der Waals surface area contributed by atoms with Crippen molar-refractivity contribution in [1.82, 2.24) is 14.6 Å². The van der Waals surface area contributed by atoms with Crippen LogP contribution in [-0.2, 0) is 6.42 Å². The Morgan fingerprint density at radius 2 is 1.68 bits per heavy atom. The molecule has 4 rings (SSSR count). The molecule has 1 N–H and O–H groups in total. The van der Waals surface area contributed by atoms with Crippen molar-refractivity contribution in [2.24, 2.45) is 0 Å². The maximum Gasteiger partial charge on any atom is 0.159 e. The maximum absolute atomic E-state index is 6.18. The van der Waals surface area contributed by atoms with Gasteiger partial charge in [0.1, 0.15) is 11.0 Å². The zero-order valence-corrected chi connectivity index (χ0v) is 14.3. The molecule has 0 aliphatic rings. The number of hydrogen-bond donors (Lipinski definition) is 1. The number of fused-ring (bicyclic) bond motifs is 1. The first kappa shape index (κ1) is 15.7. The van der Waals surface area contributed by atoms with E-state index in [4.69, 9.17) is 11.6 Å². The molecule has 0 fully saturated rings. The smallest absolute Gasteiger partial charge is 0.159 e. The summed E-state index contributed by atoms with van der Waals surface area (Å²) >= 11 is 6.18. The Morgan fingerprint density at radius 1 is 0.960 bits per heavy atom. The second kappa shape index (κ2) is 6.95. The minimum absolute atomic E-state index is 0.0921. The number of nitrogens with one attached hydrogen (secondary N) is 1. The molecule has 0 amide bonds. The molecular formula is C20H17ClN4. The van der Waals surface area contributed by atoms with E-state index in [-0.39, 0.29) is 6.04 Å². The van der Waals surface area contributed by atoms with Crippen molar-refractivity contribution in [2.45, 2.75) is 12.5 Å². The summed E-state index contributed by atoms with van der Waals surface area (Å²) in [4.78, 5) is 4.29. The third-order valence-corrected chi connectivity index (χ3v) is 4.33. The highest BCUT2D eigenvalue weighted by Gasteiger charge is 2.15. The van der Waals surface area contributed by atoms with Crippen molar-refractivity contribution in [2.75, 3.05) is 5.32 Å². The molecule has 0 aliphatic heterocycles. The van der Waals surface area contributed by atoms with Gasteiger partial charge in [0.15, 0.2) is 5.65 Å². The van der Waals surface area contributed by atoms with Crippen LogP contribution in [0.4, 0.5) is 5.82 Å². The van der Waals surface area contributed by atoms with Crippen LogP contribution in [0, 0.1) is 0 Å². The van der Waals surface area contributed by atoms with Gasteiger partial charge in [-0.15, -0.1) is 0 Å². The molecule has 0 aliphatic carbocycles. The van der Waals surface area contributed by atoms with Crippen molar-refractivity contribution in [3.05, 3.63) is 95.3 Å². The number of anilines is 1. The lowest BCUT2D eigenvalue weighted by molar-refractivity contribution is 0.758. The van der Waals surface area contributed by atoms with E-state index in [2.05, 4.69) is 63.9 Å². The number of halogens is 1. The van der Waals surface area contributed by atoms with Gasteiger partial charge in [-0.2, -0.15) is 9.61 Å². The summed E-state index contributed by atoms with van der Waals surface area (Å²) in [6.07, 6.45) is 2.58. The average molecular weight is 349 g/mol. The van der Waals surface area contributed by atoms with Crippen LogP contribution in [0.1, 0.15) is 17.2 Å². The number of aromatic nitrogens is 3. The molecule has 2 heterocycles. The third kappa shape index (κ3) is 3.49. The summed E-state index contributed by atoms with van der Waals surface area (Å²) < 4.78 is 1.77. The molecule has 2 aromatic heterocycles. The molecule has 0 spiro atoms. The van der Waals surface area contributed by atoms with Crippen molar-refractivity contribution in [1.29, 1.82) is 0 Å². The van der Waals surface area contributed by atoms with Crippen LogP contribution in [-0.4, -0.2) is 14.6 Å². The van der Waals surface area contributed by atoms with E-state index in [1.54, 1.807) is 10.7 Å². The van der Waals surface area contributed by atoms with Crippen molar-refractivity contribution in [3.8, 4) is 0 Å². The first-order chi connectivity index (χ1) is 12.3. The Hall–Kier alpha value is -2.85. The monoisotopic (exact) mass is 348 g/mol. The third-order valence-electron chi connectivity index (χ3n) is 4.13. The van der Waals surface area contributed by atoms with Gasteiger partial charge in [0.2, 0.25) is 0 Å². The zero-order chi connectivity index (χ0) is 17.1. The van der Waals surface area contributed by atoms with Gasteiger partial charge in [-0.25, -0.2) is 4.98 Å². The molecule has 0 saturated carbocycles. The molecule has 25 heavy (non-hydrogen) atoms. The van der Waals surface area contributed by atoms with Gasteiger partial charge in [-0.1, -0.05) is 72.3 Å². The van der Waals surface area contributed by atoms with Crippen molar-refractivity contribution in [3.63, 3.8) is 0 Å². The fourth-order valence-corrected chi connectivity index (χ4v) is 3.14. The van der Waals surface area contributed by atoms with Crippen LogP contribution < -0.4 is 5.32 Å². The summed E-state index contributed by atoms with van der Waals surface area (Å²) in [6, 6.07) is 24.6. The second-order valence-electron chi connectivity index (χ2n) is 5.86. The lowest BCUT2D eigenvalue weighted by Crippen LogP contribution is -2.16. The van der Waals surface area contributed by atoms with Gasteiger partial charge in [0.25, 0.3) is 0 Å². The van der Waals surface area contributed by atoms with Crippen LogP contribution in [0.15, 0.2) is 79.0 Å². The zero-order valence-electron chi connectivity index (χ0n) is 13.5. The lowest BCUT2D eigenvalue weighted by Gasteiger charge is -2.21. The van der Waals surface area contributed by atoms with E-state index in [0.717, 1.165) is 17.9 Å². The van der Waals surface area contributed by atoms with E-state index in [1.165, 1.54) is 11.1 Å². The highest BCUT2D eigenvalue weighted by atomic mass is 35.5. The predicted octanol–water partition coefficient (Wildman–Crippen LogP) is 4.78. The van der Waals surface area contributed by atoms with Gasteiger partial charge in [0.05, 0.1) is 12.2 Å². The summed E-state index contributed by atoms with van der Waals surface area (Å²) in [5.74, 6) is 0.824. The van der Waals surface area contributed by atoms with Gasteiger partial charge in [0, 0.05) is 12.1 Å². The lowest BCUT2D eigenvalue weighted by atomic mass is 9.99. The molecule has 0 saturated heterocycles. The standard InChI is InChI=1S/C20H17ClN4/c21-18-14-20(25-19(24-18)11-12-22-25)23-17(16-9-5-2-6-10-16)13-15-7-3-1-4-8-15/h1-12,14,17,23H,13H2. The van der Waals surface area contributed by atoms with Crippen LogP contribution in [0.3, 0.4) is 0 Å². The molecule has 5 heteroatoms. The molecule has 124 valence electrons. The predicted molar refractivity (Wildman–Crippen MR) is 101 cm³/mol. The number of nitrogens with zero attached hydrogens (tertiary/aromatic N) is 3. The Morgan fingerprint density at radius 3 is 2.44 bits per heavy atom. The quantitative estimate of drug-likeness (QED) is 0.528. The van der Waals surface area contributed by atoms with Crippen LogP contribution >= 0.6 is 11.6 Å². The van der Waals surface area contributed by atoms with E-state index >= 15 is 0 Å². The Bertz CT molecular complexity index is 967. The van der Waals surface area contributed by atoms with Crippen LogP contribution in [0.5, 0.6) is 0 Å². The highest BCUT2D eigenvalue weighted by molar-refractivity contribution is 6.29. The van der Waals surface area contributed by atoms with Gasteiger partial charge >= 0.3 is 0 Å². The van der Waals surface area contributed by atoms with Gasteiger partial charge in [-0.05, 0) is 17.5 Å². The van der Waals surface area contributed by atoms with Crippen molar-refractivity contribution < 1.29 is 0 Å². The largest absolute Gasteiger partial charge is 0.363 e. The molecule has 4 aromatic rings. The summed E-state index contributed by atoms with van der Waals surface area (Å²) in [6.45, 7) is 0. The topological polar surface area (TPSA) is 42.2 Å². The Balaban J connectivity index is 1.71. The average Bonchev–Trinajstić information content (AvgIpc) is 3.11. The van der Waals surface area contributed by atoms with Crippen molar-refractivity contribution >= 4 is 23.1 Å². The minimum atomic E-state index is 0.0921. The highest BCUT2D eigenvalue weighted by Crippen LogP contribution is 2.25. The minimum Gasteiger partial charge on any atom is -0.363 e. The van der Waals surface area contributed by atoms with Crippen LogP contribution in [0.2, 0.25) is 5.15 Å². The fourth-order valence-electron chi connectivity index (χ4n) is 2.95. The van der Waals surface area contributed by atoms with E-state index in [1.807, 2.05) is 24.3 Å². The van der Waals surface area contributed by atoms with Gasteiger partial charge < -0.3 is 5.32 Å². The molecule has 1 atom stereocenters. The van der Waals surface area contributed by atoms with E-state index in [0.29, 0.717) is 5.15 Å². The molecule has 0 bridgehead atoms. The van der Waals surface area contributed by atoms with E-state index < -0.39 is 0 Å². The second-order valence-corrected chi connectivity index (χ2v) is 6.25. The van der Waals surface area contributed by atoms with Crippen LogP contribution in [0.25, 0.3) is 5.65 Å². The molecule has 2 aromatic carbocycles. The number of hydrogen-bond acceptors (Lipinski definition) is 3. The summed E-state index contributed by atoms with van der Waals surface area (Å²) in [5.41, 5.74) is 3.20. The first-order valence-electron chi connectivity index (χ1n) is 8.15. The number of benzene rings is 2. The van der Waals surface area contributed by atoms with E-state index in [9.17, 15) is 0 Å². The fraction of sp³-hybridized carbons (Fsp3) is 0.100. The normalized spacial score (nSPS) is 12.2.